The Morgan fingerprint density at radius 3 is 2.59 bits per heavy atom. The van der Waals surface area contributed by atoms with Crippen LogP contribution in [-0.4, -0.2) is 36.9 Å². The summed E-state index contributed by atoms with van der Waals surface area (Å²) in [7, 11) is 0. The Bertz CT molecular complexity index is 516. The number of aryl methyl sites for hydroxylation is 2. The minimum absolute atomic E-state index is 0.187. The second-order valence-electron chi connectivity index (χ2n) is 6.69. The Balaban J connectivity index is 2.13. The molecule has 1 aromatic rings. The van der Waals surface area contributed by atoms with E-state index in [1.807, 2.05) is 19.9 Å². The summed E-state index contributed by atoms with van der Waals surface area (Å²) < 4.78 is 5.86. The molecule has 0 radical (unpaired) electrons. The molecule has 0 bridgehead atoms. The van der Waals surface area contributed by atoms with Crippen molar-refractivity contribution in [2.45, 2.75) is 47.0 Å². The number of ether oxygens (including phenoxy) is 1. The van der Waals surface area contributed by atoms with E-state index in [9.17, 15) is 4.79 Å². The molecule has 1 aliphatic rings. The van der Waals surface area contributed by atoms with E-state index in [2.05, 4.69) is 24.8 Å². The van der Waals surface area contributed by atoms with Crippen molar-refractivity contribution >= 4 is 5.78 Å². The van der Waals surface area contributed by atoms with Gasteiger partial charge in [-0.1, -0.05) is 19.9 Å². The van der Waals surface area contributed by atoms with Gasteiger partial charge in [0.15, 0.2) is 5.78 Å². The van der Waals surface area contributed by atoms with Gasteiger partial charge in [0.1, 0.15) is 5.75 Å². The molecule has 0 spiro atoms. The molecular formula is C19H29NO2. The number of Topliss-reactive ketones (excluding diaryl/α,β-unsaturated/α-hetero) is 1. The number of ketones is 1. The molecule has 2 rings (SSSR count). The summed E-state index contributed by atoms with van der Waals surface area (Å²) in [4.78, 5) is 15.0. The van der Waals surface area contributed by atoms with E-state index < -0.39 is 0 Å². The number of carbonyl (C=O) groups excluding carboxylic acids is 1. The van der Waals surface area contributed by atoms with Crippen molar-refractivity contribution in [3.8, 4) is 5.75 Å². The molecule has 1 heterocycles. The van der Waals surface area contributed by atoms with Crippen molar-refractivity contribution < 1.29 is 9.53 Å². The lowest BCUT2D eigenvalue weighted by Crippen LogP contribution is -2.37. The fourth-order valence-electron chi connectivity index (χ4n) is 3.07. The number of benzene rings is 1. The first-order chi connectivity index (χ1) is 10.5. The second-order valence-corrected chi connectivity index (χ2v) is 6.69. The molecular weight excluding hydrogens is 274 g/mol. The quantitative estimate of drug-likeness (QED) is 0.744. The normalized spacial score (nSPS) is 16.7. The molecule has 0 aliphatic carbocycles. The van der Waals surface area contributed by atoms with Crippen LogP contribution in [0.5, 0.6) is 5.75 Å². The Labute approximate surface area is 134 Å². The van der Waals surface area contributed by atoms with Crippen molar-refractivity contribution in [3.05, 3.63) is 28.8 Å². The highest BCUT2D eigenvalue weighted by Gasteiger charge is 2.21. The number of hydrogen-bond donors (Lipinski definition) is 0. The monoisotopic (exact) mass is 303 g/mol. The Morgan fingerprint density at radius 2 is 1.95 bits per heavy atom. The summed E-state index contributed by atoms with van der Waals surface area (Å²) in [5, 5.41) is 0. The van der Waals surface area contributed by atoms with Gasteiger partial charge in [-0.25, -0.2) is 0 Å². The van der Waals surface area contributed by atoms with E-state index in [1.54, 1.807) is 0 Å². The molecule has 1 saturated heterocycles. The van der Waals surface area contributed by atoms with Gasteiger partial charge in [0.25, 0.3) is 0 Å². The molecule has 0 aromatic heterocycles. The molecule has 3 nitrogen and oxygen atoms in total. The van der Waals surface area contributed by atoms with E-state index in [4.69, 9.17) is 4.74 Å². The Morgan fingerprint density at radius 1 is 1.27 bits per heavy atom. The lowest BCUT2D eigenvalue weighted by atomic mass is 9.98. The number of hydrogen-bond acceptors (Lipinski definition) is 3. The van der Waals surface area contributed by atoms with E-state index in [0.717, 1.165) is 47.9 Å². The lowest BCUT2D eigenvalue weighted by Gasteiger charge is -2.29. The SMILES string of the molecule is CCCOc1c(C)cc(C)cc1C(=O)CN1CCC(C)CC1. The second kappa shape index (κ2) is 7.77. The van der Waals surface area contributed by atoms with Gasteiger partial charge in [-0.3, -0.25) is 9.69 Å². The topological polar surface area (TPSA) is 29.5 Å². The van der Waals surface area contributed by atoms with Gasteiger partial charge in [0, 0.05) is 0 Å². The number of nitrogens with zero attached hydrogens (tertiary/aromatic N) is 1. The predicted octanol–water partition coefficient (Wildman–Crippen LogP) is 4.01. The summed E-state index contributed by atoms with van der Waals surface area (Å²) in [6, 6.07) is 4.07. The Hall–Kier alpha value is -1.35. The zero-order valence-electron chi connectivity index (χ0n) is 14.4. The minimum Gasteiger partial charge on any atom is -0.493 e. The van der Waals surface area contributed by atoms with Crippen LogP contribution in [0.4, 0.5) is 0 Å². The minimum atomic E-state index is 0.187. The van der Waals surface area contributed by atoms with Gasteiger partial charge in [-0.05, 0) is 69.3 Å². The summed E-state index contributed by atoms with van der Waals surface area (Å²) in [6.45, 7) is 11.7. The number of rotatable bonds is 6. The van der Waals surface area contributed by atoms with Crippen LogP contribution >= 0.6 is 0 Å². The van der Waals surface area contributed by atoms with Gasteiger partial charge < -0.3 is 4.74 Å². The first-order valence-corrected chi connectivity index (χ1v) is 8.50. The van der Waals surface area contributed by atoms with Gasteiger partial charge in [0.05, 0.1) is 18.7 Å². The number of piperidine rings is 1. The highest BCUT2D eigenvalue weighted by atomic mass is 16.5. The van der Waals surface area contributed by atoms with Crippen molar-refractivity contribution in [2.75, 3.05) is 26.2 Å². The first-order valence-electron chi connectivity index (χ1n) is 8.50. The number of carbonyl (C=O) groups is 1. The van der Waals surface area contributed by atoms with Crippen LogP contribution in [-0.2, 0) is 0 Å². The molecule has 22 heavy (non-hydrogen) atoms. The highest BCUT2D eigenvalue weighted by Crippen LogP contribution is 2.27. The molecule has 1 aliphatic heterocycles. The molecule has 0 saturated carbocycles. The number of likely N-dealkylation sites (tertiary alicyclic amines) is 1. The van der Waals surface area contributed by atoms with Crippen LogP contribution < -0.4 is 4.74 Å². The maximum Gasteiger partial charge on any atom is 0.180 e. The van der Waals surface area contributed by atoms with Crippen molar-refractivity contribution in [1.29, 1.82) is 0 Å². The van der Waals surface area contributed by atoms with E-state index in [1.165, 1.54) is 12.8 Å². The zero-order valence-corrected chi connectivity index (χ0v) is 14.4. The highest BCUT2D eigenvalue weighted by molar-refractivity contribution is 6.00. The third kappa shape index (κ3) is 4.33. The molecule has 3 heteroatoms. The first kappa shape index (κ1) is 17.0. The predicted molar refractivity (Wildman–Crippen MR) is 90.9 cm³/mol. The van der Waals surface area contributed by atoms with Gasteiger partial charge in [0.2, 0.25) is 0 Å². The largest absolute Gasteiger partial charge is 0.493 e. The third-order valence-electron chi connectivity index (χ3n) is 4.41. The Kier molecular flexibility index (Phi) is 6.01. The summed E-state index contributed by atoms with van der Waals surface area (Å²) in [5.74, 6) is 1.76. The summed E-state index contributed by atoms with van der Waals surface area (Å²) >= 11 is 0. The summed E-state index contributed by atoms with van der Waals surface area (Å²) in [6.07, 6.45) is 3.34. The fourth-order valence-corrected chi connectivity index (χ4v) is 3.07. The fraction of sp³-hybridized carbons (Fsp3) is 0.632. The average Bonchev–Trinajstić information content (AvgIpc) is 2.48. The third-order valence-corrected chi connectivity index (χ3v) is 4.41. The molecule has 1 fully saturated rings. The molecule has 0 N–H and O–H groups in total. The van der Waals surface area contributed by atoms with Crippen LogP contribution in [0.25, 0.3) is 0 Å². The van der Waals surface area contributed by atoms with Crippen LogP contribution in [0.1, 0.15) is 54.6 Å². The molecule has 0 amide bonds. The van der Waals surface area contributed by atoms with E-state index >= 15 is 0 Å². The van der Waals surface area contributed by atoms with Gasteiger partial charge in [-0.15, -0.1) is 0 Å². The van der Waals surface area contributed by atoms with Crippen LogP contribution in [0.15, 0.2) is 12.1 Å². The molecule has 1 aromatic carbocycles. The molecule has 0 atom stereocenters. The van der Waals surface area contributed by atoms with Crippen LogP contribution in [0.3, 0.4) is 0 Å². The van der Waals surface area contributed by atoms with E-state index in [-0.39, 0.29) is 5.78 Å². The zero-order chi connectivity index (χ0) is 16.1. The standard InChI is InChI=1S/C19H29NO2/c1-5-10-22-19-16(4)11-15(3)12-17(19)18(21)13-20-8-6-14(2)7-9-20/h11-12,14H,5-10,13H2,1-4H3. The van der Waals surface area contributed by atoms with Crippen molar-refractivity contribution in [1.82, 2.24) is 4.90 Å². The molecule has 0 unspecified atom stereocenters. The van der Waals surface area contributed by atoms with Crippen LogP contribution in [0, 0.1) is 19.8 Å². The van der Waals surface area contributed by atoms with Gasteiger partial charge in [-0.2, -0.15) is 0 Å². The summed E-state index contributed by atoms with van der Waals surface area (Å²) in [5.41, 5.74) is 2.94. The average molecular weight is 303 g/mol. The van der Waals surface area contributed by atoms with Crippen molar-refractivity contribution in [3.63, 3.8) is 0 Å². The lowest BCUT2D eigenvalue weighted by molar-refractivity contribution is 0.0895. The smallest absolute Gasteiger partial charge is 0.180 e. The maximum atomic E-state index is 12.8. The van der Waals surface area contributed by atoms with Crippen LogP contribution in [0.2, 0.25) is 0 Å². The molecule has 122 valence electrons. The maximum absolute atomic E-state index is 12.8. The van der Waals surface area contributed by atoms with Gasteiger partial charge >= 0.3 is 0 Å². The van der Waals surface area contributed by atoms with E-state index in [0.29, 0.717) is 13.2 Å². The van der Waals surface area contributed by atoms with Crippen molar-refractivity contribution in [2.24, 2.45) is 5.92 Å².